The highest BCUT2D eigenvalue weighted by molar-refractivity contribution is 5.16. The van der Waals surface area contributed by atoms with Gasteiger partial charge in [0.15, 0.2) is 0 Å². The van der Waals surface area contributed by atoms with Crippen molar-refractivity contribution in [1.29, 1.82) is 0 Å². The van der Waals surface area contributed by atoms with E-state index in [0.29, 0.717) is 5.92 Å². The van der Waals surface area contributed by atoms with E-state index in [4.69, 9.17) is 0 Å². The highest BCUT2D eigenvalue weighted by atomic mass is 15.1. The topological polar surface area (TPSA) is 16.1 Å². The van der Waals surface area contributed by atoms with Gasteiger partial charge in [0.25, 0.3) is 0 Å². The van der Waals surface area contributed by atoms with Crippen LogP contribution in [-0.4, -0.2) is 23.0 Å². The summed E-state index contributed by atoms with van der Waals surface area (Å²) in [5.74, 6) is 0.606. The second-order valence-electron chi connectivity index (χ2n) is 4.96. The van der Waals surface area contributed by atoms with E-state index in [2.05, 4.69) is 52.3 Å². The van der Waals surface area contributed by atoms with Gasteiger partial charge in [-0.1, -0.05) is 36.4 Å². The third kappa shape index (κ3) is 2.59. The molecular formula is C16H18N2. The van der Waals surface area contributed by atoms with E-state index in [9.17, 15) is 0 Å². The van der Waals surface area contributed by atoms with Gasteiger partial charge in [-0.05, 0) is 30.7 Å². The Balaban J connectivity index is 1.62. The van der Waals surface area contributed by atoms with Crippen LogP contribution in [0.2, 0.25) is 0 Å². The molecule has 1 atom stereocenters. The zero-order valence-electron chi connectivity index (χ0n) is 10.5. The molecule has 1 aliphatic rings. The van der Waals surface area contributed by atoms with Gasteiger partial charge in [0.1, 0.15) is 0 Å². The normalized spacial score (nSPS) is 20.1. The minimum absolute atomic E-state index is 0.606. The zero-order chi connectivity index (χ0) is 12.2. The van der Waals surface area contributed by atoms with E-state index in [1.54, 1.807) is 0 Å². The van der Waals surface area contributed by atoms with Gasteiger partial charge >= 0.3 is 0 Å². The van der Waals surface area contributed by atoms with Gasteiger partial charge < -0.3 is 0 Å². The molecule has 92 valence electrons. The molecule has 2 nitrogen and oxygen atoms in total. The highest BCUT2D eigenvalue weighted by Crippen LogP contribution is 2.26. The third-order valence-corrected chi connectivity index (χ3v) is 3.63. The first-order chi connectivity index (χ1) is 8.92. The van der Waals surface area contributed by atoms with Gasteiger partial charge in [0.2, 0.25) is 0 Å². The van der Waals surface area contributed by atoms with Gasteiger partial charge in [-0.25, -0.2) is 0 Å². The minimum atomic E-state index is 0.606. The van der Waals surface area contributed by atoms with Crippen molar-refractivity contribution in [2.45, 2.75) is 18.9 Å². The Kier molecular flexibility index (Phi) is 3.37. The molecule has 1 saturated heterocycles. The number of hydrogen-bond acceptors (Lipinski definition) is 2. The lowest BCUT2D eigenvalue weighted by Gasteiger charge is -2.15. The molecule has 18 heavy (non-hydrogen) atoms. The molecule has 0 unspecified atom stereocenters. The molecule has 2 heteroatoms. The van der Waals surface area contributed by atoms with Crippen LogP contribution in [0.4, 0.5) is 0 Å². The number of benzene rings is 1. The Morgan fingerprint density at radius 1 is 1.06 bits per heavy atom. The van der Waals surface area contributed by atoms with Crippen molar-refractivity contribution in [3.8, 4) is 0 Å². The Labute approximate surface area is 108 Å². The summed E-state index contributed by atoms with van der Waals surface area (Å²) in [5, 5.41) is 0. The monoisotopic (exact) mass is 238 g/mol. The van der Waals surface area contributed by atoms with Gasteiger partial charge in [0, 0.05) is 30.9 Å². The van der Waals surface area contributed by atoms with Gasteiger partial charge in [-0.2, -0.15) is 0 Å². The first-order valence-corrected chi connectivity index (χ1v) is 6.59. The van der Waals surface area contributed by atoms with E-state index in [0.717, 1.165) is 13.1 Å². The minimum Gasteiger partial charge on any atom is -0.298 e. The molecule has 1 aromatic carbocycles. The number of rotatable bonds is 3. The standard InChI is InChI=1S/C16H18N2/c1-2-6-14(7-3-1)12-18-11-9-15(13-18)16-8-4-5-10-17-16/h1-8,10,15H,9,11-13H2/t15-/m1/s1. The summed E-state index contributed by atoms with van der Waals surface area (Å²) in [6.45, 7) is 3.37. The first kappa shape index (κ1) is 11.4. The molecular weight excluding hydrogens is 220 g/mol. The number of hydrogen-bond donors (Lipinski definition) is 0. The van der Waals surface area contributed by atoms with Gasteiger partial charge in [-0.3, -0.25) is 9.88 Å². The van der Waals surface area contributed by atoms with Crippen molar-refractivity contribution in [1.82, 2.24) is 9.88 Å². The van der Waals surface area contributed by atoms with Crippen molar-refractivity contribution in [2.75, 3.05) is 13.1 Å². The molecule has 2 aromatic rings. The fraction of sp³-hybridized carbons (Fsp3) is 0.312. The van der Waals surface area contributed by atoms with Crippen LogP contribution < -0.4 is 0 Å². The fourth-order valence-corrected chi connectivity index (χ4v) is 2.68. The summed E-state index contributed by atoms with van der Waals surface area (Å²) in [6.07, 6.45) is 3.12. The second kappa shape index (κ2) is 5.32. The van der Waals surface area contributed by atoms with Crippen molar-refractivity contribution in [2.24, 2.45) is 0 Å². The Hall–Kier alpha value is -1.67. The molecule has 0 saturated carbocycles. The van der Waals surface area contributed by atoms with Gasteiger partial charge in [-0.15, -0.1) is 0 Å². The lowest BCUT2D eigenvalue weighted by atomic mass is 10.0. The average molecular weight is 238 g/mol. The molecule has 0 aliphatic carbocycles. The Morgan fingerprint density at radius 3 is 2.67 bits per heavy atom. The largest absolute Gasteiger partial charge is 0.298 e. The SMILES string of the molecule is c1ccc(CN2CC[C@@H](c3ccccn3)C2)cc1. The lowest BCUT2D eigenvalue weighted by molar-refractivity contribution is 0.326. The molecule has 0 radical (unpaired) electrons. The maximum atomic E-state index is 4.48. The quantitative estimate of drug-likeness (QED) is 0.817. The molecule has 0 N–H and O–H groups in total. The molecule has 0 amide bonds. The smallest absolute Gasteiger partial charge is 0.0447 e. The molecule has 0 bridgehead atoms. The Morgan fingerprint density at radius 2 is 1.89 bits per heavy atom. The van der Waals surface area contributed by atoms with Crippen molar-refractivity contribution < 1.29 is 0 Å². The summed E-state index contributed by atoms with van der Waals surface area (Å²) >= 11 is 0. The van der Waals surface area contributed by atoms with Crippen LogP contribution in [0.25, 0.3) is 0 Å². The Bertz CT molecular complexity index is 481. The zero-order valence-corrected chi connectivity index (χ0v) is 10.5. The summed E-state index contributed by atoms with van der Waals surface area (Å²) in [7, 11) is 0. The number of pyridine rings is 1. The summed E-state index contributed by atoms with van der Waals surface area (Å²) in [4.78, 5) is 7.00. The number of aromatic nitrogens is 1. The summed E-state index contributed by atoms with van der Waals surface area (Å²) in [5.41, 5.74) is 2.65. The summed E-state index contributed by atoms with van der Waals surface area (Å²) < 4.78 is 0. The predicted molar refractivity (Wildman–Crippen MR) is 73.3 cm³/mol. The van der Waals surface area contributed by atoms with Crippen LogP contribution in [0.15, 0.2) is 54.7 Å². The van der Waals surface area contributed by atoms with E-state index in [1.807, 2.05) is 12.3 Å². The van der Waals surface area contributed by atoms with Crippen LogP contribution in [-0.2, 0) is 6.54 Å². The average Bonchev–Trinajstić information content (AvgIpc) is 2.89. The van der Waals surface area contributed by atoms with E-state index in [1.165, 1.54) is 24.2 Å². The maximum Gasteiger partial charge on any atom is 0.0447 e. The van der Waals surface area contributed by atoms with Crippen molar-refractivity contribution in [3.63, 3.8) is 0 Å². The number of likely N-dealkylation sites (tertiary alicyclic amines) is 1. The fourth-order valence-electron chi connectivity index (χ4n) is 2.68. The van der Waals surface area contributed by atoms with Crippen molar-refractivity contribution >= 4 is 0 Å². The molecule has 3 rings (SSSR count). The van der Waals surface area contributed by atoms with E-state index < -0.39 is 0 Å². The van der Waals surface area contributed by atoms with E-state index in [-0.39, 0.29) is 0 Å². The lowest BCUT2D eigenvalue weighted by Crippen LogP contribution is -2.19. The third-order valence-electron chi connectivity index (χ3n) is 3.63. The predicted octanol–water partition coefficient (Wildman–Crippen LogP) is 3.07. The highest BCUT2D eigenvalue weighted by Gasteiger charge is 2.24. The summed E-state index contributed by atoms with van der Waals surface area (Å²) in [6, 6.07) is 16.9. The van der Waals surface area contributed by atoms with E-state index >= 15 is 0 Å². The maximum absolute atomic E-state index is 4.48. The molecule has 1 aromatic heterocycles. The molecule has 1 fully saturated rings. The molecule has 2 heterocycles. The van der Waals surface area contributed by atoms with Crippen molar-refractivity contribution in [3.05, 3.63) is 66.0 Å². The van der Waals surface area contributed by atoms with Crippen LogP contribution in [0, 0.1) is 0 Å². The van der Waals surface area contributed by atoms with Gasteiger partial charge in [0.05, 0.1) is 0 Å². The first-order valence-electron chi connectivity index (χ1n) is 6.59. The van der Waals surface area contributed by atoms with Crippen LogP contribution in [0.3, 0.4) is 0 Å². The van der Waals surface area contributed by atoms with Crippen LogP contribution >= 0.6 is 0 Å². The molecule has 1 aliphatic heterocycles. The number of nitrogens with zero attached hydrogens (tertiary/aromatic N) is 2. The molecule has 0 spiro atoms. The van der Waals surface area contributed by atoms with Crippen LogP contribution in [0.1, 0.15) is 23.6 Å². The van der Waals surface area contributed by atoms with Crippen LogP contribution in [0.5, 0.6) is 0 Å². The second-order valence-corrected chi connectivity index (χ2v) is 4.96.